The summed E-state index contributed by atoms with van der Waals surface area (Å²) in [4.78, 5) is 28.5. The maximum Gasteiger partial charge on any atom is 0.268 e. The molecule has 7 heteroatoms. The first-order valence-corrected chi connectivity index (χ1v) is 9.44. The predicted octanol–water partition coefficient (Wildman–Crippen LogP) is 2.28. The quantitative estimate of drug-likeness (QED) is 0.844. The number of carbonyl (C=O) groups excluding carboxylic acids is 2. The first-order valence-electron chi connectivity index (χ1n) is 8.49. The summed E-state index contributed by atoms with van der Waals surface area (Å²) in [5.41, 5.74) is 1.80. The first-order chi connectivity index (χ1) is 12.5. The molecule has 0 bridgehead atoms. The Kier molecular flexibility index (Phi) is 5.58. The Bertz CT molecular complexity index is 776. The highest BCUT2D eigenvalue weighted by atomic mass is 32.1. The molecule has 1 N–H and O–H groups in total. The van der Waals surface area contributed by atoms with Crippen LogP contribution in [0.3, 0.4) is 0 Å². The highest BCUT2D eigenvalue weighted by Crippen LogP contribution is 2.33. The third-order valence-electron chi connectivity index (χ3n) is 4.42. The highest BCUT2D eigenvalue weighted by molar-refractivity contribution is 7.07. The van der Waals surface area contributed by atoms with Crippen LogP contribution in [0.25, 0.3) is 0 Å². The molecule has 0 fully saturated rings. The molecule has 2 heterocycles. The van der Waals surface area contributed by atoms with E-state index in [2.05, 4.69) is 21.7 Å². The maximum absolute atomic E-state index is 12.5. The number of anilines is 1. The van der Waals surface area contributed by atoms with Crippen molar-refractivity contribution in [3.63, 3.8) is 0 Å². The van der Waals surface area contributed by atoms with E-state index in [-0.39, 0.29) is 24.4 Å². The van der Waals surface area contributed by atoms with Crippen LogP contribution in [0.5, 0.6) is 5.75 Å². The van der Waals surface area contributed by atoms with Gasteiger partial charge in [0.25, 0.3) is 5.91 Å². The molecular formula is C19H23N3O3S. The lowest BCUT2D eigenvalue weighted by Crippen LogP contribution is -2.49. The minimum absolute atomic E-state index is 0.0205. The topological polar surface area (TPSA) is 61.9 Å². The predicted molar refractivity (Wildman–Crippen MR) is 103 cm³/mol. The number of para-hydroxylation sites is 2. The van der Waals surface area contributed by atoms with Gasteiger partial charge < -0.3 is 15.0 Å². The van der Waals surface area contributed by atoms with Crippen molar-refractivity contribution >= 4 is 28.8 Å². The van der Waals surface area contributed by atoms with Gasteiger partial charge in [0, 0.05) is 6.54 Å². The number of ether oxygens (including phenoxy) is 1. The van der Waals surface area contributed by atoms with Crippen molar-refractivity contribution in [3.05, 3.63) is 46.7 Å². The van der Waals surface area contributed by atoms with E-state index >= 15 is 0 Å². The van der Waals surface area contributed by atoms with Gasteiger partial charge in [-0.2, -0.15) is 11.3 Å². The zero-order chi connectivity index (χ0) is 18.7. The molecule has 2 aromatic rings. The second-order valence-electron chi connectivity index (χ2n) is 6.49. The average molecular weight is 373 g/mol. The van der Waals surface area contributed by atoms with E-state index in [4.69, 9.17) is 4.74 Å². The summed E-state index contributed by atoms with van der Waals surface area (Å²) >= 11 is 1.63. The van der Waals surface area contributed by atoms with Crippen LogP contribution in [0, 0.1) is 0 Å². The number of thiophene rings is 1. The second kappa shape index (κ2) is 7.88. The van der Waals surface area contributed by atoms with Gasteiger partial charge >= 0.3 is 0 Å². The number of benzene rings is 1. The number of fused-ring (bicyclic) bond motifs is 1. The van der Waals surface area contributed by atoms with Crippen molar-refractivity contribution < 1.29 is 14.3 Å². The number of carbonyl (C=O) groups is 2. The molecule has 0 unspecified atom stereocenters. The zero-order valence-electron chi connectivity index (χ0n) is 15.1. The smallest absolute Gasteiger partial charge is 0.268 e. The Hall–Kier alpha value is -2.38. The van der Waals surface area contributed by atoms with Gasteiger partial charge in [0.1, 0.15) is 12.3 Å². The monoisotopic (exact) mass is 373 g/mol. The summed E-state index contributed by atoms with van der Waals surface area (Å²) in [6, 6.07) is 9.43. The lowest BCUT2D eigenvalue weighted by atomic mass is 10.1. The van der Waals surface area contributed by atoms with E-state index < -0.39 is 6.10 Å². The fourth-order valence-electron chi connectivity index (χ4n) is 3.00. The van der Waals surface area contributed by atoms with Crippen molar-refractivity contribution in [1.29, 1.82) is 0 Å². The van der Waals surface area contributed by atoms with E-state index in [9.17, 15) is 9.59 Å². The van der Waals surface area contributed by atoms with Gasteiger partial charge in [0.15, 0.2) is 6.10 Å². The summed E-state index contributed by atoms with van der Waals surface area (Å²) in [5, 5.41) is 7.06. The Morgan fingerprint density at radius 1 is 1.35 bits per heavy atom. The van der Waals surface area contributed by atoms with Crippen molar-refractivity contribution in [2.24, 2.45) is 0 Å². The van der Waals surface area contributed by atoms with Crippen LogP contribution in [-0.4, -0.2) is 50.0 Å². The highest BCUT2D eigenvalue weighted by Gasteiger charge is 2.32. The summed E-state index contributed by atoms with van der Waals surface area (Å²) in [5.74, 6) is 0.224. The Balaban J connectivity index is 1.67. The first kappa shape index (κ1) is 18.4. The molecule has 0 saturated heterocycles. The summed E-state index contributed by atoms with van der Waals surface area (Å²) in [6.45, 7) is 2.16. The summed E-state index contributed by atoms with van der Waals surface area (Å²) in [6.07, 6.45) is -0.599. The van der Waals surface area contributed by atoms with E-state index in [1.54, 1.807) is 24.3 Å². The molecule has 138 valence electrons. The van der Waals surface area contributed by atoms with Crippen molar-refractivity contribution in [2.75, 3.05) is 32.1 Å². The molecular weight excluding hydrogens is 350 g/mol. The molecule has 26 heavy (non-hydrogen) atoms. The number of nitrogens with one attached hydrogen (secondary N) is 1. The van der Waals surface area contributed by atoms with E-state index in [1.165, 1.54) is 10.5 Å². The number of amides is 2. The van der Waals surface area contributed by atoms with E-state index in [0.29, 0.717) is 18.0 Å². The van der Waals surface area contributed by atoms with Gasteiger partial charge in [-0.25, -0.2) is 0 Å². The molecule has 3 rings (SSSR count). The number of hydrogen-bond acceptors (Lipinski definition) is 5. The molecule has 0 aliphatic carbocycles. The van der Waals surface area contributed by atoms with E-state index in [1.807, 2.05) is 37.7 Å². The lowest BCUT2D eigenvalue weighted by molar-refractivity contribution is -0.128. The fourth-order valence-corrected chi connectivity index (χ4v) is 3.70. The molecule has 0 radical (unpaired) electrons. The molecule has 1 aliphatic rings. The number of rotatable bonds is 6. The molecule has 1 aromatic carbocycles. The lowest BCUT2D eigenvalue weighted by Gasteiger charge is -2.32. The molecule has 6 nitrogen and oxygen atoms in total. The Morgan fingerprint density at radius 2 is 2.12 bits per heavy atom. The number of likely N-dealkylation sites (N-methyl/N-ethyl adjacent to an activating group) is 1. The maximum atomic E-state index is 12.5. The molecule has 1 aromatic heterocycles. The van der Waals surface area contributed by atoms with Gasteiger partial charge in [0.05, 0.1) is 11.7 Å². The van der Waals surface area contributed by atoms with Crippen LogP contribution in [-0.2, 0) is 9.59 Å². The van der Waals surface area contributed by atoms with Crippen molar-refractivity contribution in [3.8, 4) is 5.75 Å². The Labute approximate surface area is 157 Å². The molecule has 0 saturated carbocycles. The molecule has 2 amide bonds. The number of nitrogens with zero attached hydrogens (tertiary/aromatic N) is 2. The zero-order valence-corrected chi connectivity index (χ0v) is 16.0. The average Bonchev–Trinajstić information content (AvgIpc) is 3.13. The number of hydrogen-bond donors (Lipinski definition) is 1. The summed E-state index contributed by atoms with van der Waals surface area (Å²) < 4.78 is 5.61. The third-order valence-corrected chi connectivity index (χ3v) is 5.12. The largest absolute Gasteiger partial charge is 0.479 e. The molecule has 2 atom stereocenters. The normalized spacial score (nSPS) is 17.6. The van der Waals surface area contributed by atoms with Gasteiger partial charge in [-0.15, -0.1) is 0 Å². The van der Waals surface area contributed by atoms with Crippen LogP contribution in [0.1, 0.15) is 18.5 Å². The van der Waals surface area contributed by atoms with Gasteiger partial charge in [-0.1, -0.05) is 12.1 Å². The summed E-state index contributed by atoms with van der Waals surface area (Å²) in [7, 11) is 3.97. The van der Waals surface area contributed by atoms with Crippen LogP contribution < -0.4 is 15.0 Å². The third kappa shape index (κ3) is 3.89. The van der Waals surface area contributed by atoms with Crippen molar-refractivity contribution in [1.82, 2.24) is 10.2 Å². The van der Waals surface area contributed by atoms with Gasteiger partial charge in [0.2, 0.25) is 5.91 Å². The van der Waals surface area contributed by atoms with E-state index in [0.717, 1.165) is 0 Å². The standard InChI is InChI=1S/C19H23N3O3S/c1-13-19(24)22(15-6-4-5-7-17(15)25-13)11-18(23)20-10-16(21(2)3)14-8-9-26-12-14/h4-9,12-13,16H,10-11H2,1-3H3,(H,20,23)/t13-,16-/m1/s1. The fraction of sp³-hybridized carbons (Fsp3) is 0.368. The van der Waals surface area contributed by atoms with Crippen LogP contribution in [0.15, 0.2) is 41.1 Å². The van der Waals surface area contributed by atoms with Gasteiger partial charge in [-0.05, 0) is 55.5 Å². The minimum Gasteiger partial charge on any atom is -0.479 e. The van der Waals surface area contributed by atoms with Crippen LogP contribution >= 0.6 is 11.3 Å². The Morgan fingerprint density at radius 3 is 2.81 bits per heavy atom. The SMILES string of the molecule is C[C@H]1Oc2ccccc2N(CC(=O)NC[C@H](c2ccsc2)N(C)C)C1=O. The second-order valence-corrected chi connectivity index (χ2v) is 7.27. The van der Waals surface area contributed by atoms with Crippen LogP contribution in [0.4, 0.5) is 5.69 Å². The van der Waals surface area contributed by atoms with Crippen molar-refractivity contribution in [2.45, 2.75) is 19.1 Å². The van der Waals surface area contributed by atoms with Gasteiger partial charge in [-0.3, -0.25) is 14.5 Å². The minimum atomic E-state index is -0.599. The molecule has 1 aliphatic heterocycles. The van der Waals surface area contributed by atoms with Crippen LogP contribution in [0.2, 0.25) is 0 Å². The molecule has 0 spiro atoms.